The van der Waals surface area contributed by atoms with Crippen LogP contribution in [0.3, 0.4) is 0 Å². The maximum Gasteiger partial charge on any atom is 0.319 e. The summed E-state index contributed by atoms with van der Waals surface area (Å²) in [5, 5.41) is 15.6. The lowest BCUT2D eigenvalue weighted by molar-refractivity contribution is 0.144. The number of benzene rings is 1. The largest absolute Gasteiger partial charge is 0.480 e. The van der Waals surface area contributed by atoms with Gasteiger partial charge in [0.15, 0.2) is 0 Å². The topological polar surface area (TPSA) is 83.5 Å². The van der Waals surface area contributed by atoms with Crippen LogP contribution in [0.1, 0.15) is 17.2 Å². The van der Waals surface area contributed by atoms with Gasteiger partial charge in [-0.2, -0.15) is 0 Å². The van der Waals surface area contributed by atoms with Gasteiger partial charge in [0, 0.05) is 12.6 Å². The summed E-state index contributed by atoms with van der Waals surface area (Å²) in [5.74, 6) is 0.338. The molecule has 1 aliphatic rings. The summed E-state index contributed by atoms with van der Waals surface area (Å²) in [6.07, 6.45) is 1.50. The molecular formula is C16H17N3O3. The first-order chi connectivity index (χ1) is 10.7. The molecule has 0 unspecified atom stereocenters. The van der Waals surface area contributed by atoms with Gasteiger partial charge in [-0.15, -0.1) is 0 Å². The number of anilines is 1. The fourth-order valence-corrected chi connectivity index (χ4v) is 2.70. The zero-order chi connectivity index (χ0) is 15.5. The summed E-state index contributed by atoms with van der Waals surface area (Å²) in [4.78, 5) is 16.2. The van der Waals surface area contributed by atoms with Crippen LogP contribution < -0.4 is 15.4 Å². The Hall–Kier alpha value is -2.60. The number of carbonyl (C=O) groups is 1. The standard InChI is InChI=1S/C16H17N3O3/c1-22-15-12(7-4-8-17-15)18-16(21)19-14-11-6-3-2-5-10(11)9-13(14)20/h2-8,13-14,20H,9H2,1H3,(H2,18,19,21)/t13-,14+/m1/s1. The first kappa shape index (κ1) is 14.3. The van der Waals surface area contributed by atoms with Crippen LogP contribution in [0.15, 0.2) is 42.6 Å². The Morgan fingerprint density at radius 1 is 1.32 bits per heavy atom. The highest BCUT2D eigenvalue weighted by molar-refractivity contribution is 5.90. The van der Waals surface area contributed by atoms with Gasteiger partial charge in [0.25, 0.3) is 0 Å². The molecule has 0 saturated carbocycles. The van der Waals surface area contributed by atoms with E-state index >= 15 is 0 Å². The third-order valence-electron chi connectivity index (χ3n) is 3.70. The van der Waals surface area contributed by atoms with E-state index in [-0.39, 0.29) is 0 Å². The first-order valence-corrected chi connectivity index (χ1v) is 7.01. The van der Waals surface area contributed by atoms with Crippen LogP contribution in [0, 0.1) is 0 Å². The van der Waals surface area contributed by atoms with Crippen molar-refractivity contribution in [1.29, 1.82) is 0 Å². The Morgan fingerprint density at radius 3 is 2.95 bits per heavy atom. The third kappa shape index (κ3) is 2.73. The van der Waals surface area contributed by atoms with E-state index in [0.29, 0.717) is 18.0 Å². The van der Waals surface area contributed by atoms with Crippen LogP contribution in [-0.4, -0.2) is 29.3 Å². The quantitative estimate of drug-likeness (QED) is 0.808. The Morgan fingerprint density at radius 2 is 2.14 bits per heavy atom. The van der Waals surface area contributed by atoms with Gasteiger partial charge in [-0.05, 0) is 23.3 Å². The lowest BCUT2D eigenvalue weighted by Crippen LogP contribution is -2.36. The van der Waals surface area contributed by atoms with Crippen molar-refractivity contribution in [2.24, 2.45) is 0 Å². The fourth-order valence-electron chi connectivity index (χ4n) is 2.70. The van der Waals surface area contributed by atoms with Crippen molar-refractivity contribution in [3.05, 3.63) is 53.7 Å². The van der Waals surface area contributed by atoms with Gasteiger partial charge in [-0.1, -0.05) is 24.3 Å². The molecule has 22 heavy (non-hydrogen) atoms. The van der Waals surface area contributed by atoms with Gasteiger partial charge < -0.3 is 20.5 Å². The van der Waals surface area contributed by atoms with Crippen LogP contribution in [0.25, 0.3) is 0 Å². The number of methoxy groups -OCH3 is 1. The van der Waals surface area contributed by atoms with Crippen molar-refractivity contribution in [2.75, 3.05) is 12.4 Å². The zero-order valence-corrected chi connectivity index (χ0v) is 12.1. The van der Waals surface area contributed by atoms with Crippen molar-refractivity contribution >= 4 is 11.7 Å². The number of fused-ring (bicyclic) bond motifs is 1. The number of rotatable bonds is 3. The molecule has 3 rings (SSSR count). The zero-order valence-electron chi connectivity index (χ0n) is 12.1. The van der Waals surface area contributed by atoms with Gasteiger partial charge in [0.05, 0.1) is 19.3 Å². The van der Waals surface area contributed by atoms with Crippen LogP contribution in [-0.2, 0) is 6.42 Å². The Kier molecular flexibility index (Phi) is 3.93. The predicted molar refractivity (Wildman–Crippen MR) is 81.8 cm³/mol. The molecule has 114 valence electrons. The number of nitrogens with zero attached hydrogens (tertiary/aromatic N) is 1. The second-order valence-corrected chi connectivity index (χ2v) is 5.11. The molecule has 0 aliphatic heterocycles. The molecule has 2 atom stereocenters. The molecule has 1 aromatic carbocycles. The maximum atomic E-state index is 12.2. The molecule has 0 radical (unpaired) electrons. The van der Waals surface area contributed by atoms with E-state index < -0.39 is 18.2 Å². The molecule has 3 N–H and O–H groups in total. The smallest absolute Gasteiger partial charge is 0.319 e. The van der Waals surface area contributed by atoms with E-state index in [4.69, 9.17) is 4.74 Å². The second kappa shape index (κ2) is 6.03. The summed E-state index contributed by atoms with van der Waals surface area (Å²) in [6, 6.07) is 10.3. The number of urea groups is 1. The number of aromatic nitrogens is 1. The molecule has 0 saturated heterocycles. The molecule has 1 aliphatic carbocycles. The summed E-state index contributed by atoms with van der Waals surface area (Å²) >= 11 is 0. The third-order valence-corrected chi connectivity index (χ3v) is 3.70. The Labute approximate surface area is 128 Å². The van der Waals surface area contributed by atoms with Gasteiger partial charge >= 0.3 is 6.03 Å². The Balaban J connectivity index is 1.72. The van der Waals surface area contributed by atoms with Gasteiger partial charge in [0.2, 0.25) is 5.88 Å². The highest BCUT2D eigenvalue weighted by Gasteiger charge is 2.31. The van der Waals surface area contributed by atoms with Crippen molar-refractivity contribution in [3.63, 3.8) is 0 Å². The number of pyridine rings is 1. The van der Waals surface area contributed by atoms with Crippen LogP contribution in [0.2, 0.25) is 0 Å². The van der Waals surface area contributed by atoms with E-state index in [1.165, 1.54) is 7.11 Å². The number of hydrogen-bond acceptors (Lipinski definition) is 4. The number of aliphatic hydroxyl groups excluding tert-OH is 1. The second-order valence-electron chi connectivity index (χ2n) is 5.11. The minimum absolute atomic E-state index is 0.338. The number of carbonyl (C=O) groups excluding carboxylic acids is 1. The molecule has 0 spiro atoms. The molecular weight excluding hydrogens is 282 g/mol. The van der Waals surface area contributed by atoms with E-state index in [1.54, 1.807) is 18.3 Å². The van der Waals surface area contributed by atoms with Gasteiger partial charge in [-0.3, -0.25) is 0 Å². The number of aliphatic hydroxyl groups is 1. The molecule has 1 heterocycles. The number of ether oxygens (including phenoxy) is 1. The average Bonchev–Trinajstić information content (AvgIpc) is 2.84. The average molecular weight is 299 g/mol. The van der Waals surface area contributed by atoms with Gasteiger partial charge in [-0.25, -0.2) is 9.78 Å². The van der Waals surface area contributed by atoms with Crippen molar-refractivity contribution in [2.45, 2.75) is 18.6 Å². The monoisotopic (exact) mass is 299 g/mol. The predicted octanol–water partition coefficient (Wildman–Crippen LogP) is 1.87. The summed E-state index contributed by atoms with van der Waals surface area (Å²) in [5.41, 5.74) is 2.48. The minimum atomic E-state index is -0.626. The van der Waals surface area contributed by atoms with Crippen LogP contribution >= 0.6 is 0 Å². The molecule has 1 aromatic heterocycles. The van der Waals surface area contributed by atoms with Crippen molar-refractivity contribution in [3.8, 4) is 5.88 Å². The van der Waals surface area contributed by atoms with E-state index in [1.807, 2.05) is 24.3 Å². The van der Waals surface area contributed by atoms with Gasteiger partial charge in [0.1, 0.15) is 5.69 Å². The van der Waals surface area contributed by atoms with Crippen molar-refractivity contribution in [1.82, 2.24) is 10.3 Å². The van der Waals surface area contributed by atoms with E-state index in [0.717, 1.165) is 11.1 Å². The minimum Gasteiger partial charge on any atom is -0.480 e. The maximum absolute atomic E-state index is 12.2. The molecule has 0 bridgehead atoms. The normalized spacial score (nSPS) is 19.4. The van der Waals surface area contributed by atoms with E-state index in [2.05, 4.69) is 15.6 Å². The molecule has 2 aromatic rings. The Bertz CT molecular complexity index is 690. The van der Waals surface area contributed by atoms with E-state index in [9.17, 15) is 9.90 Å². The summed E-state index contributed by atoms with van der Waals surface area (Å²) in [6.45, 7) is 0. The SMILES string of the molecule is COc1ncccc1NC(=O)N[C@H]1c2ccccc2C[C@H]1O. The first-order valence-electron chi connectivity index (χ1n) is 7.01. The summed E-state index contributed by atoms with van der Waals surface area (Å²) < 4.78 is 5.09. The highest BCUT2D eigenvalue weighted by Crippen LogP contribution is 2.31. The number of nitrogens with one attached hydrogen (secondary N) is 2. The lowest BCUT2D eigenvalue weighted by Gasteiger charge is -2.18. The number of amides is 2. The molecule has 0 fully saturated rings. The fraction of sp³-hybridized carbons (Fsp3) is 0.250. The lowest BCUT2D eigenvalue weighted by atomic mass is 10.1. The van der Waals surface area contributed by atoms with Crippen molar-refractivity contribution < 1.29 is 14.6 Å². The molecule has 2 amide bonds. The number of hydrogen-bond donors (Lipinski definition) is 3. The summed E-state index contributed by atoms with van der Waals surface area (Å²) in [7, 11) is 1.49. The molecule has 6 heteroatoms. The van der Waals surface area contributed by atoms with Crippen LogP contribution in [0.5, 0.6) is 5.88 Å². The van der Waals surface area contributed by atoms with Crippen LogP contribution in [0.4, 0.5) is 10.5 Å². The molecule has 6 nitrogen and oxygen atoms in total. The highest BCUT2D eigenvalue weighted by atomic mass is 16.5.